The van der Waals surface area contributed by atoms with E-state index in [2.05, 4.69) is 37.2 Å². The van der Waals surface area contributed by atoms with Gasteiger partial charge in [0.1, 0.15) is 12.1 Å². The molecule has 166 valence electrons. The summed E-state index contributed by atoms with van der Waals surface area (Å²) in [5.74, 6) is 0.724. The number of hydrogen-bond acceptors (Lipinski definition) is 7. The molecule has 0 bridgehead atoms. The maximum absolute atomic E-state index is 6.07. The highest BCUT2D eigenvalue weighted by atomic mass is 16.5. The third kappa shape index (κ3) is 4.51. The van der Waals surface area contributed by atoms with Crippen molar-refractivity contribution in [1.29, 1.82) is 0 Å². The van der Waals surface area contributed by atoms with Gasteiger partial charge in [-0.05, 0) is 55.9 Å². The third-order valence-corrected chi connectivity index (χ3v) is 6.07. The summed E-state index contributed by atoms with van der Waals surface area (Å²) in [6, 6.07) is 16.3. The standard InChI is InChI=1S/C24H29N7O/c1-2-29-14-16-30(17-15-29)13-5-12-25-19-8-10-20(11-9-19)32-24-27-22-7-4-3-6-21(22)23-28-26-18-31(23)24/h3-4,6-11,18,25H,2,5,12-17H2,1H3. The van der Waals surface area contributed by atoms with Crippen LogP contribution in [0.25, 0.3) is 16.6 Å². The maximum atomic E-state index is 6.07. The lowest BCUT2D eigenvalue weighted by Gasteiger charge is -2.34. The smallest absolute Gasteiger partial charge is 0.309 e. The predicted molar refractivity (Wildman–Crippen MR) is 126 cm³/mol. The largest absolute Gasteiger partial charge is 0.425 e. The van der Waals surface area contributed by atoms with Crippen LogP contribution in [-0.2, 0) is 0 Å². The molecular weight excluding hydrogens is 402 g/mol. The molecule has 0 atom stereocenters. The van der Waals surface area contributed by atoms with Gasteiger partial charge in [0.25, 0.3) is 0 Å². The van der Waals surface area contributed by atoms with Crippen molar-refractivity contribution in [3.05, 3.63) is 54.9 Å². The second kappa shape index (κ2) is 9.50. The van der Waals surface area contributed by atoms with Crippen LogP contribution in [0.1, 0.15) is 13.3 Å². The van der Waals surface area contributed by atoms with Crippen molar-refractivity contribution >= 4 is 22.2 Å². The molecule has 3 heterocycles. The van der Waals surface area contributed by atoms with Gasteiger partial charge in [-0.25, -0.2) is 4.40 Å². The van der Waals surface area contributed by atoms with Gasteiger partial charge in [0.15, 0.2) is 5.65 Å². The van der Waals surface area contributed by atoms with E-state index in [0.717, 1.165) is 54.0 Å². The number of fused-ring (bicyclic) bond motifs is 3. The van der Waals surface area contributed by atoms with Crippen LogP contribution >= 0.6 is 0 Å². The lowest BCUT2D eigenvalue weighted by Crippen LogP contribution is -2.46. The van der Waals surface area contributed by atoms with E-state index in [1.807, 2.05) is 48.5 Å². The van der Waals surface area contributed by atoms with Gasteiger partial charge in [-0.15, -0.1) is 10.2 Å². The average Bonchev–Trinajstić information content (AvgIpc) is 3.34. The number of aromatic nitrogens is 4. The number of rotatable bonds is 8. The summed E-state index contributed by atoms with van der Waals surface area (Å²) < 4.78 is 7.84. The molecule has 0 radical (unpaired) electrons. The van der Waals surface area contributed by atoms with Gasteiger partial charge in [-0.3, -0.25) is 0 Å². The Bertz CT molecular complexity index is 1170. The van der Waals surface area contributed by atoms with Gasteiger partial charge < -0.3 is 19.9 Å². The number of nitrogens with one attached hydrogen (secondary N) is 1. The van der Waals surface area contributed by atoms with Crippen molar-refractivity contribution in [2.45, 2.75) is 13.3 Å². The number of benzene rings is 2. The van der Waals surface area contributed by atoms with E-state index in [-0.39, 0.29) is 0 Å². The fraction of sp³-hybridized carbons (Fsp3) is 0.375. The first kappa shape index (κ1) is 20.7. The molecular formula is C24H29N7O. The number of para-hydroxylation sites is 1. The Balaban J connectivity index is 1.16. The molecule has 4 aromatic rings. The van der Waals surface area contributed by atoms with E-state index in [0.29, 0.717) is 6.01 Å². The zero-order chi connectivity index (χ0) is 21.8. The lowest BCUT2D eigenvalue weighted by molar-refractivity contribution is 0.137. The fourth-order valence-corrected chi connectivity index (χ4v) is 4.16. The molecule has 2 aromatic carbocycles. The summed E-state index contributed by atoms with van der Waals surface area (Å²) in [7, 11) is 0. The molecule has 0 spiro atoms. The summed E-state index contributed by atoms with van der Waals surface area (Å²) in [5.41, 5.74) is 2.66. The van der Waals surface area contributed by atoms with Crippen molar-refractivity contribution in [3.63, 3.8) is 0 Å². The summed E-state index contributed by atoms with van der Waals surface area (Å²) in [4.78, 5) is 9.72. The van der Waals surface area contributed by atoms with Crippen molar-refractivity contribution < 1.29 is 4.74 Å². The molecule has 1 aliphatic heterocycles. The van der Waals surface area contributed by atoms with Crippen molar-refractivity contribution in [3.8, 4) is 11.8 Å². The van der Waals surface area contributed by atoms with E-state index < -0.39 is 0 Å². The molecule has 5 rings (SSSR count). The number of hydrogen-bond donors (Lipinski definition) is 1. The minimum atomic E-state index is 0.451. The zero-order valence-electron chi connectivity index (χ0n) is 18.4. The molecule has 8 heteroatoms. The quantitative estimate of drug-likeness (QED) is 0.428. The highest BCUT2D eigenvalue weighted by molar-refractivity contribution is 5.91. The Kier molecular flexibility index (Phi) is 6.13. The molecule has 1 N–H and O–H groups in total. The van der Waals surface area contributed by atoms with Crippen molar-refractivity contribution in [2.75, 3.05) is 51.1 Å². The normalized spacial score (nSPS) is 15.4. The van der Waals surface area contributed by atoms with Gasteiger partial charge in [0.05, 0.1) is 5.52 Å². The SMILES string of the molecule is CCN1CCN(CCCNc2ccc(Oc3nc4ccccc4c4nncn34)cc2)CC1. The minimum absolute atomic E-state index is 0.451. The first-order valence-electron chi connectivity index (χ1n) is 11.3. The molecule has 32 heavy (non-hydrogen) atoms. The van der Waals surface area contributed by atoms with Crippen LogP contribution in [0.2, 0.25) is 0 Å². The van der Waals surface area contributed by atoms with Crippen molar-refractivity contribution in [2.24, 2.45) is 0 Å². The highest BCUT2D eigenvalue weighted by Crippen LogP contribution is 2.26. The average molecular weight is 432 g/mol. The number of anilines is 1. The van der Waals surface area contributed by atoms with E-state index in [1.54, 1.807) is 10.7 Å². The third-order valence-electron chi connectivity index (χ3n) is 6.07. The van der Waals surface area contributed by atoms with E-state index >= 15 is 0 Å². The molecule has 0 unspecified atom stereocenters. The van der Waals surface area contributed by atoms with E-state index in [4.69, 9.17) is 4.74 Å². The second-order valence-corrected chi connectivity index (χ2v) is 8.12. The zero-order valence-corrected chi connectivity index (χ0v) is 18.4. The summed E-state index contributed by atoms with van der Waals surface area (Å²) in [5, 5.41) is 12.7. The van der Waals surface area contributed by atoms with Crippen LogP contribution in [0, 0.1) is 0 Å². The van der Waals surface area contributed by atoms with Crippen LogP contribution in [0.15, 0.2) is 54.9 Å². The number of likely N-dealkylation sites (N-methyl/N-ethyl adjacent to an activating group) is 1. The molecule has 1 saturated heterocycles. The van der Waals surface area contributed by atoms with E-state index in [1.165, 1.54) is 26.2 Å². The Morgan fingerprint density at radius 2 is 1.75 bits per heavy atom. The fourth-order valence-electron chi connectivity index (χ4n) is 4.16. The Morgan fingerprint density at radius 3 is 2.56 bits per heavy atom. The van der Waals surface area contributed by atoms with E-state index in [9.17, 15) is 0 Å². The second-order valence-electron chi connectivity index (χ2n) is 8.12. The first-order valence-corrected chi connectivity index (χ1v) is 11.3. The molecule has 0 aliphatic carbocycles. The van der Waals surface area contributed by atoms with Gasteiger partial charge in [0.2, 0.25) is 0 Å². The first-order chi connectivity index (χ1) is 15.8. The van der Waals surface area contributed by atoms with Gasteiger partial charge in [-0.2, -0.15) is 4.98 Å². The van der Waals surface area contributed by atoms with Crippen LogP contribution in [0.4, 0.5) is 5.69 Å². The monoisotopic (exact) mass is 431 g/mol. The Morgan fingerprint density at radius 1 is 0.969 bits per heavy atom. The number of ether oxygens (including phenoxy) is 1. The Hall–Kier alpha value is -3.23. The van der Waals surface area contributed by atoms with Crippen molar-refractivity contribution in [1.82, 2.24) is 29.4 Å². The van der Waals surface area contributed by atoms with Gasteiger partial charge >= 0.3 is 6.01 Å². The molecule has 1 fully saturated rings. The molecule has 2 aromatic heterocycles. The minimum Gasteiger partial charge on any atom is -0.425 e. The van der Waals surface area contributed by atoms with Gasteiger partial charge in [0, 0.05) is 43.8 Å². The van der Waals surface area contributed by atoms with Crippen LogP contribution in [-0.4, -0.2) is 75.2 Å². The highest BCUT2D eigenvalue weighted by Gasteiger charge is 2.14. The molecule has 1 aliphatic rings. The molecule has 8 nitrogen and oxygen atoms in total. The lowest BCUT2D eigenvalue weighted by atomic mass is 10.2. The molecule has 0 saturated carbocycles. The topological polar surface area (TPSA) is 70.8 Å². The molecule has 0 amide bonds. The number of piperazine rings is 1. The van der Waals surface area contributed by atoms with Crippen LogP contribution in [0.3, 0.4) is 0 Å². The number of nitrogens with zero attached hydrogens (tertiary/aromatic N) is 6. The van der Waals surface area contributed by atoms with Gasteiger partial charge in [-0.1, -0.05) is 19.1 Å². The van der Waals surface area contributed by atoms with Crippen LogP contribution < -0.4 is 10.1 Å². The predicted octanol–water partition coefficient (Wildman–Crippen LogP) is 3.51. The summed E-state index contributed by atoms with van der Waals surface area (Å²) >= 11 is 0. The summed E-state index contributed by atoms with van der Waals surface area (Å²) in [6.45, 7) is 10.3. The van der Waals surface area contributed by atoms with Crippen LogP contribution in [0.5, 0.6) is 11.8 Å². The summed E-state index contributed by atoms with van der Waals surface area (Å²) in [6.07, 6.45) is 2.76. The Labute approximate surface area is 187 Å². The maximum Gasteiger partial charge on any atom is 0.309 e.